The summed E-state index contributed by atoms with van der Waals surface area (Å²) in [5, 5.41) is 16.8. The third-order valence-electron chi connectivity index (χ3n) is 1.29. The summed E-state index contributed by atoms with van der Waals surface area (Å²) in [5.41, 5.74) is 0. The summed E-state index contributed by atoms with van der Waals surface area (Å²) < 4.78 is 31.9. The molecular weight excluding hydrogens is 197 g/mol. The van der Waals surface area contributed by atoms with Gasteiger partial charge in [0.1, 0.15) is 11.5 Å². The number of alkyl halides is 2. The fourth-order valence-electron chi connectivity index (χ4n) is 0.821. The number of ether oxygens (including phenoxy) is 1. The second-order valence-corrected chi connectivity index (χ2v) is 2.29. The Morgan fingerprint density at radius 1 is 1.07 bits per heavy atom. The lowest BCUT2D eigenvalue weighted by Crippen LogP contribution is -2.20. The molecule has 1 aromatic carbocycles. The van der Waals surface area contributed by atoms with Gasteiger partial charge in [-0.1, -0.05) is 0 Å². The molecule has 7 heteroatoms. The van der Waals surface area contributed by atoms with Crippen molar-refractivity contribution < 1.29 is 28.2 Å². The largest absolute Gasteiger partial charge is 0.707 e. The smallest absolute Gasteiger partial charge is 0.512 e. The van der Waals surface area contributed by atoms with Gasteiger partial charge < -0.3 is 19.4 Å². The van der Waals surface area contributed by atoms with Gasteiger partial charge >= 0.3 is 13.9 Å². The maximum absolute atomic E-state index is 11.7. The Morgan fingerprint density at radius 3 is 2.00 bits per heavy atom. The van der Waals surface area contributed by atoms with Crippen LogP contribution in [0.2, 0.25) is 0 Å². The van der Waals surface area contributed by atoms with Crippen LogP contribution in [0.25, 0.3) is 0 Å². The molecule has 0 aromatic heterocycles. The summed E-state index contributed by atoms with van der Waals surface area (Å²) in [4.78, 5) is 0. The van der Waals surface area contributed by atoms with Crippen LogP contribution < -0.4 is 9.39 Å². The first-order valence-electron chi connectivity index (χ1n) is 3.65. The van der Waals surface area contributed by atoms with E-state index in [1.807, 2.05) is 0 Å². The average molecular weight is 204 g/mol. The topological polar surface area (TPSA) is 58.9 Å². The zero-order chi connectivity index (χ0) is 10.6. The molecule has 0 fully saturated rings. The monoisotopic (exact) mass is 204 g/mol. The number of benzene rings is 1. The van der Waals surface area contributed by atoms with Gasteiger partial charge in [0, 0.05) is 0 Å². The number of halogens is 2. The predicted molar refractivity (Wildman–Crippen MR) is 43.9 cm³/mol. The second-order valence-electron chi connectivity index (χ2n) is 2.29. The molecule has 1 aromatic rings. The van der Waals surface area contributed by atoms with E-state index in [1.54, 1.807) is 0 Å². The summed E-state index contributed by atoms with van der Waals surface area (Å²) >= 11 is 0. The maximum atomic E-state index is 11.7. The Balaban J connectivity index is 2.59. The Bertz CT molecular complexity index is 249. The second kappa shape index (κ2) is 4.78. The molecule has 14 heavy (non-hydrogen) atoms. The normalized spacial score (nSPS) is 10.1. The average Bonchev–Trinajstić information content (AvgIpc) is 2.06. The van der Waals surface area contributed by atoms with Crippen molar-refractivity contribution in [3.8, 4) is 11.5 Å². The summed E-state index contributed by atoms with van der Waals surface area (Å²) in [6, 6.07) is 5.00. The van der Waals surface area contributed by atoms with E-state index in [1.165, 1.54) is 24.3 Å². The highest BCUT2D eigenvalue weighted by Crippen LogP contribution is 2.19. The van der Waals surface area contributed by atoms with E-state index >= 15 is 0 Å². The van der Waals surface area contributed by atoms with Crippen LogP contribution >= 0.6 is 0 Å². The third kappa shape index (κ3) is 3.59. The quantitative estimate of drug-likeness (QED) is 0.706. The van der Waals surface area contributed by atoms with E-state index in [9.17, 15) is 8.78 Å². The van der Waals surface area contributed by atoms with Crippen molar-refractivity contribution in [1.82, 2.24) is 0 Å². The molecule has 4 nitrogen and oxygen atoms in total. The van der Waals surface area contributed by atoms with Crippen LogP contribution in [-0.4, -0.2) is 24.0 Å². The molecule has 0 bridgehead atoms. The highest BCUT2D eigenvalue weighted by atomic mass is 19.3. The predicted octanol–water partition coefficient (Wildman–Crippen LogP) is 0.636. The summed E-state index contributed by atoms with van der Waals surface area (Å²) in [5.74, 6) is 0.112. The lowest BCUT2D eigenvalue weighted by atomic mass is 10.2. The molecule has 0 atom stereocenters. The first-order chi connectivity index (χ1) is 6.58. The van der Waals surface area contributed by atoms with E-state index < -0.39 is 13.9 Å². The molecule has 0 aliphatic carbocycles. The van der Waals surface area contributed by atoms with Crippen molar-refractivity contribution in [2.24, 2.45) is 0 Å². The van der Waals surface area contributed by atoms with Gasteiger partial charge in [0.15, 0.2) is 0 Å². The number of rotatable bonds is 4. The first-order valence-corrected chi connectivity index (χ1v) is 3.65. The van der Waals surface area contributed by atoms with Crippen LogP contribution in [-0.2, 0) is 0 Å². The van der Waals surface area contributed by atoms with E-state index in [2.05, 4.69) is 9.39 Å². The molecule has 0 saturated heterocycles. The van der Waals surface area contributed by atoms with Crippen molar-refractivity contribution in [2.75, 3.05) is 0 Å². The molecule has 1 rings (SSSR count). The fraction of sp³-hybridized carbons (Fsp3) is 0.143. The zero-order valence-corrected chi connectivity index (χ0v) is 6.93. The number of hydrogen-bond acceptors (Lipinski definition) is 4. The minimum atomic E-state index is -2.88. The van der Waals surface area contributed by atoms with Gasteiger partial charge in [-0.25, -0.2) is 0 Å². The summed E-state index contributed by atoms with van der Waals surface area (Å²) in [7, 11) is -1.93. The SMILES string of the molecule is OB(O)Oc1ccc(OC(F)F)cc1. The third-order valence-corrected chi connectivity index (χ3v) is 1.29. The molecule has 0 unspecified atom stereocenters. The fourth-order valence-corrected chi connectivity index (χ4v) is 0.821. The molecule has 76 valence electrons. The molecule has 0 aliphatic heterocycles. The van der Waals surface area contributed by atoms with E-state index in [0.29, 0.717) is 0 Å². The van der Waals surface area contributed by atoms with E-state index in [-0.39, 0.29) is 11.5 Å². The van der Waals surface area contributed by atoms with Crippen molar-refractivity contribution in [3.05, 3.63) is 24.3 Å². The molecule has 0 radical (unpaired) electrons. The van der Waals surface area contributed by atoms with Gasteiger partial charge in [0.2, 0.25) is 0 Å². The van der Waals surface area contributed by atoms with Gasteiger partial charge in [-0.15, -0.1) is 0 Å². The van der Waals surface area contributed by atoms with Crippen LogP contribution in [0.1, 0.15) is 0 Å². The summed E-state index contributed by atoms with van der Waals surface area (Å²) in [6.07, 6.45) is 0. The molecule has 0 heterocycles. The van der Waals surface area contributed by atoms with Gasteiger partial charge in [-0.3, -0.25) is 0 Å². The van der Waals surface area contributed by atoms with Crippen LogP contribution in [0, 0.1) is 0 Å². The Morgan fingerprint density at radius 2 is 1.57 bits per heavy atom. The standard InChI is InChI=1S/C7H7BF2O4/c9-7(10)13-5-1-3-6(4-2-5)14-8(11)12/h1-4,7,11-12H. The lowest BCUT2D eigenvalue weighted by Gasteiger charge is -2.06. The van der Waals surface area contributed by atoms with Crippen molar-refractivity contribution in [1.29, 1.82) is 0 Å². The highest BCUT2D eigenvalue weighted by Gasteiger charge is 2.11. The molecule has 2 N–H and O–H groups in total. The van der Waals surface area contributed by atoms with Crippen molar-refractivity contribution in [3.63, 3.8) is 0 Å². The van der Waals surface area contributed by atoms with Gasteiger partial charge in [0.05, 0.1) is 0 Å². The van der Waals surface area contributed by atoms with Gasteiger partial charge in [-0.2, -0.15) is 8.78 Å². The van der Waals surface area contributed by atoms with Gasteiger partial charge in [-0.05, 0) is 24.3 Å². The first kappa shape index (κ1) is 10.7. The van der Waals surface area contributed by atoms with Crippen LogP contribution in [0.5, 0.6) is 11.5 Å². The Labute approximate surface area is 78.9 Å². The van der Waals surface area contributed by atoms with E-state index in [4.69, 9.17) is 10.0 Å². The van der Waals surface area contributed by atoms with E-state index in [0.717, 1.165) is 0 Å². The Hall–Kier alpha value is -1.34. The lowest BCUT2D eigenvalue weighted by molar-refractivity contribution is -0.0498. The molecule has 0 saturated carbocycles. The van der Waals surface area contributed by atoms with Crippen molar-refractivity contribution >= 4 is 7.32 Å². The minimum absolute atomic E-state index is 0.0280. The van der Waals surface area contributed by atoms with Crippen LogP contribution in [0.4, 0.5) is 8.78 Å². The summed E-state index contributed by atoms with van der Waals surface area (Å²) in [6.45, 7) is -2.88. The maximum Gasteiger partial charge on any atom is 0.707 e. The molecule has 0 aliphatic rings. The Kier molecular flexibility index (Phi) is 3.67. The molecular formula is C7H7BF2O4. The minimum Gasteiger partial charge on any atom is -0.512 e. The number of hydrogen-bond donors (Lipinski definition) is 2. The van der Waals surface area contributed by atoms with Crippen LogP contribution in [0.15, 0.2) is 24.3 Å². The molecule has 0 amide bonds. The van der Waals surface area contributed by atoms with Crippen LogP contribution in [0.3, 0.4) is 0 Å². The van der Waals surface area contributed by atoms with Gasteiger partial charge in [0.25, 0.3) is 0 Å². The molecule has 0 spiro atoms. The van der Waals surface area contributed by atoms with Crippen molar-refractivity contribution in [2.45, 2.75) is 6.61 Å². The highest BCUT2D eigenvalue weighted by molar-refractivity contribution is 6.33. The zero-order valence-electron chi connectivity index (χ0n) is 6.93.